The highest BCUT2D eigenvalue weighted by Crippen LogP contribution is 2.16. The molecule has 1 aliphatic rings. The zero-order valence-electron chi connectivity index (χ0n) is 7.92. The number of rotatable bonds is 3. The van der Waals surface area contributed by atoms with Crippen LogP contribution in [0.15, 0.2) is 0 Å². The summed E-state index contributed by atoms with van der Waals surface area (Å²) in [5, 5.41) is 0. The normalized spacial score (nSPS) is 22.1. The van der Waals surface area contributed by atoms with Gasteiger partial charge in [0.1, 0.15) is 0 Å². The summed E-state index contributed by atoms with van der Waals surface area (Å²) < 4.78 is 9.95. The Hall–Kier alpha value is -0.570. The highest BCUT2D eigenvalue weighted by Gasteiger charge is 2.27. The minimum atomic E-state index is -0.146. The lowest BCUT2D eigenvalue weighted by atomic mass is 9.99. The smallest absolute Gasteiger partial charge is 0.308 e. The summed E-state index contributed by atoms with van der Waals surface area (Å²) in [6.07, 6.45) is 0.549. The minimum absolute atomic E-state index is 0.0556. The van der Waals surface area contributed by atoms with Crippen molar-refractivity contribution in [2.24, 2.45) is 5.41 Å². The van der Waals surface area contributed by atoms with E-state index >= 15 is 0 Å². The van der Waals surface area contributed by atoms with E-state index < -0.39 is 0 Å². The predicted molar refractivity (Wildman–Crippen MR) is 44.8 cm³/mol. The fourth-order valence-electron chi connectivity index (χ4n) is 0.728. The molecule has 0 bridgehead atoms. The molecule has 0 aromatic carbocycles. The maximum atomic E-state index is 11.0. The molecule has 0 amide bonds. The standard InChI is InChI=1S/C9H16O3/c1-9(2,3)6-12-8(10)4-7-5-11-7/h7H,4-6H2,1-3H3. The second-order valence-corrected chi connectivity index (χ2v) is 4.38. The van der Waals surface area contributed by atoms with Gasteiger partial charge >= 0.3 is 5.97 Å². The number of hydrogen-bond donors (Lipinski definition) is 0. The Bertz CT molecular complexity index is 165. The van der Waals surface area contributed by atoms with Crippen LogP contribution in [0.2, 0.25) is 0 Å². The molecule has 0 aromatic heterocycles. The molecule has 3 heteroatoms. The van der Waals surface area contributed by atoms with Crippen molar-refractivity contribution in [3.63, 3.8) is 0 Å². The molecule has 0 N–H and O–H groups in total. The summed E-state index contributed by atoms with van der Waals surface area (Å²) in [5.41, 5.74) is 0.0556. The van der Waals surface area contributed by atoms with Crippen LogP contribution in [-0.4, -0.2) is 25.3 Å². The first kappa shape index (κ1) is 9.52. The van der Waals surface area contributed by atoms with Crippen molar-refractivity contribution in [3.8, 4) is 0 Å². The van der Waals surface area contributed by atoms with Gasteiger partial charge in [-0.3, -0.25) is 4.79 Å². The molecule has 1 saturated heterocycles. The van der Waals surface area contributed by atoms with Crippen molar-refractivity contribution in [3.05, 3.63) is 0 Å². The Kier molecular flexibility index (Phi) is 2.73. The van der Waals surface area contributed by atoms with Crippen molar-refractivity contribution < 1.29 is 14.3 Å². The molecule has 12 heavy (non-hydrogen) atoms. The number of hydrogen-bond acceptors (Lipinski definition) is 3. The number of carbonyl (C=O) groups excluding carboxylic acids is 1. The van der Waals surface area contributed by atoms with Gasteiger partial charge in [0, 0.05) is 0 Å². The molecule has 1 unspecified atom stereocenters. The fraction of sp³-hybridized carbons (Fsp3) is 0.889. The first-order chi connectivity index (χ1) is 5.47. The van der Waals surface area contributed by atoms with E-state index in [9.17, 15) is 4.79 Å². The monoisotopic (exact) mass is 172 g/mol. The molecule has 0 radical (unpaired) electrons. The molecule has 1 aliphatic heterocycles. The maximum Gasteiger partial charge on any atom is 0.308 e. The third-order valence-electron chi connectivity index (χ3n) is 1.46. The molecule has 0 saturated carbocycles. The van der Waals surface area contributed by atoms with E-state index in [1.807, 2.05) is 20.8 Å². The molecule has 0 aromatic rings. The molecule has 1 fully saturated rings. The zero-order valence-corrected chi connectivity index (χ0v) is 7.92. The highest BCUT2D eigenvalue weighted by molar-refractivity contribution is 5.70. The Balaban J connectivity index is 2.09. The third kappa shape index (κ3) is 4.34. The quantitative estimate of drug-likeness (QED) is 0.476. The molecule has 1 heterocycles. The van der Waals surface area contributed by atoms with Crippen LogP contribution in [0.3, 0.4) is 0 Å². The lowest BCUT2D eigenvalue weighted by molar-refractivity contribution is -0.146. The van der Waals surface area contributed by atoms with E-state index in [2.05, 4.69) is 0 Å². The van der Waals surface area contributed by atoms with Crippen molar-refractivity contribution in [2.75, 3.05) is 13.2 Å². The van der Waals surface area contributed by atoms with Gasteiger partial charge in [0.05, 0.1) is 25.7 Å². The third-order valence-corrected chi connectivity index (χ3v) is 1.46. The van der Waals surface area contributed by atoms with Gasteiger partial charge < -0.3 is 9.47 Å². The summed E-state index contributed by atoms with van der Waals surface area (Å²) in [7, 11) is 0. The first-order valence-electron chi connectivity index (χ1n) is 4.24. The van der Waals surface area contributed by atoms with Gasteiger partial charge in [0.25, 0.3) is 0 Å². The van der Waals surface area contributed by atoms with E-state index in [1.54, 1.807) is 0 Å². The molecule has 1 rings (SSSR count). The van der Waals surface area contributed by atoms with Gasteiger partial charge in [-0.2, -0.15) is 0 Å². The van der Waals surface area contributed by atoms with Crippen LogP contribution in [0, 0.1) is 5.41 Å². The van der Waals surface area contributed by atoms with Gasteiger partial charge in [-0.1, -0.05) is 20.8 Å². The molecule has 3 nitrogen and oxygen atoms in total. The largest absolute Gasteiger partial charge is 0.465 e. The molecule has 70 valence electrons. The second kappa shape index (κ2) is 3.44. The van der Waals surface area contributed by atoms with Crippen LogP contribution in [0.4, 0.5) is 0 Å². The fourth-order valence-corrected chi connectivity index (χ4v) is 0.728. The summed E-state index contributed by atoms with van der Waals surface area (Å²) in [6.45, 7) is 7.30. The Morgan fingerprint density at radius 1 is 1.58 bits per heavy atom. The maximum absolute atomic E-state index is 11.0. The second-order valence-electron chi connectivity index (χ2n) is 4.38. The van der Waals surface area contributed by atoms with E-state index in [-0.39, 0.29) is 17.5 Å². The number of esters is 1. The van der Waals surface area contributed by atoms with E-state index in [1.165, 1.54) is 0 Å². The molecule has 0 spiro atoms. The van der Waals surface area contributed by atoms with Crippen LogP contribution in [0.25, 0.3) is 0 Å². The van der Waals surface area contributed by atoms with E-state index in [4.69, 9.17) is 9.47 Å². The average Bonchev–Trinajstić information content (AvgIpc) is 2.66. The van der Waals surface area contributed by atoms with Gasteiger partial charge in [-0.05, 0) is 5.41 Å². The van der Waals surface area contributed by atoms with Gasteiger partial charge in [-0.15, -0.1) is 0 Å². The first-order valence-corrected chi connectivity index (χ1v) is 4.24. The number of epoxide rings is 1. The lowest BCUT2D eigenvalue weighted by Crippen LogP contribution is -2.19. The van der Waals surface area contributed by atoms with Crippen molar-refractivity contribution in [1.29, 1.82) is 0 Å². The van der Waals surface area contributed by atoms with Crippen LogP contribution in [-0.2, 0) is 14.3 Å². The predicted octanol–water partition coefficient (Wildman–Crippen LogP) is 1.36. The Labute approximate surface area is 73.0 Å². The Morgan fingerprint density at radius 3 is 2.58 bits per heavy atom. The molecular formula is C9H16O3. The van der Waals surface area contributed by atoms with Crippen molar-refractivity contribution >= 4 is 5.97 Å². The summed E-state index contributed by atoms with van der Waals surface area (Å²) in [6, 6.07) is 0. The minimum Gasteiger partial charge on any atom is -0.465 e. The van der Waals surface area contributed by atoms with Crippen LogP contribution in [0.5, 0.6) is 0 Å². The SMILES string of the molecule is CC(C)(C)COC(=O)CC1CO1. The van der Waals surface area contributed by atoms with Crippen molar-refractivity contribution in [2.45, 2.75) is 33.3 Å². The number of ether oxygens (including phenoxy) is 2. The zero-order chi connectivity index (χ0) is 9.19. The van der Waals surface area contributed by atoms with Crippen LogP contribution >= 0.6 is 0 Å². The van der Waals surface area contributed by atoms with Crippen molar-refractivity contribution in [1.82, 2.24) is 0 Å². The summed E-state index contributed by atoms with van der Waals surface area (Å²) in [4.78, 5) is 11.0. The van der Waals surface area contributed by atoms with E-state index in [0.717, 1.165) is 0 Å². The van der Waals surface area contributed by atoms with Gasteiger partial charge in [0.15, 0.2) is 0 Å². The van der Waals surface area contributed by atoms with E-state index in [0.29, 0.717) is 19.6 Å². The molecular weight excluding hydrogens is 156 g/mol. The molecule has 1 atom stereocenters. The topological polar surface area (TPSA) is 38.8 Å². The van der Waals surface area contributed by atoms with Crippen LogP contribution in [0.1, 0.15) is 27.2 Å². The number of carbonyl (C=O) groups is 1. The summed E-state index contributed by atoms with van der Waals surface area (Å²) in [5.74, 6) is -0.146. The molecule has 0 aliphatic carbocycles. The Morgan fingerprint density at radius 2 is 2.17 bits per heavy atom. The lowest BCUT2D eigenvalue weighted by Gasteiger charge is -2.17. The summed E-state index contributed by atoms with van der Waals surface area (Å²) >= 11 is 0. The van der Waals surface area contributed by atoms with Crippen LogP contribution < -0.4 is 0 Å². The van der Waals surface area contributed by atoms with Gasteiger partial charge in [-0.25, -0.2) is 0 Å². The average molecular weight is 172 g/mol. The highest BCUT2D eigenvalue weighted by atomic mass is 16.6. The van der Waals surface area contributed by atoms with Gasteiger partial charge in [0.2, 0.25) is 0 Å².